The van der Waals surface area contributed by atoms with Crippen molar-refractivity contribution in [3.05, 3.63) is 29.6 Å². The van der Waals surface area contributed by atoms with Gasteiger partial charge in [0.1, 0.15) is 5.82 Å². The smallest absolute Gasteiger partial charge is 0.321 e. The second-order valence-corrected chi connectivity index (χ2v) is 7.06. The molecule has 0 unspecified atom stereocenters. The van der Waals surface area contributed by atoms with E-state index in [2.05, 4.69) is 5.32 Å². The van der Waals surface area contributed by atoms with E-state index in [-0.39, 0.29) is 17.0 Å². The summed E-state index contributed by atoms with van der Waals surface area (Å²) < 4.78 is 25.4. The monoisotopic (exact) mass is 298 g/mol. The van der Waals surface area contributed by atoms with E-state index in [0.717, 1.165) is 5.56 Å². The Morgan fingerprint density at radius 2 is 2.20 bits per heavy atom. The number of hydrogen-bond donors (Lipinski definition) is 1. The molecule has 2 amide bonds. The fourth-order valence-electron chi connectivity index (χ4n) is 2.10. The number of amides is 2. The second-order valence-electron chi connectivity index (χ2n) is 5.08. The molecule has 2 atom stereocenters. The van der Waals surface area contributed by atoms with Gasteiger partial charge in [0, 0.05) is 34.9 Å². The Kier molecular flexibility index (Phi) is 4.75. The fraction of sp³-hybridized carbons (Fsp3) is 0.500. The molecule has 1 aliphatic rings. The first kappa shape index (κ1) is 15.0. The molecule has 110 valence electrons. The summed E-state index contributed by atoms with van der Waals surface area (Å²) in [7, 11) is -0.889. The van der Waals surface area contributed by atoms with Crippen molar-refractivity contribution in [2.45, 2.75) is 25.5 Å². The summed E-state index contributed by atoms with van der Waals surface area (Å²) in [5.41, 5.74) is 0.985. The van der Waals surface area contributed by atoms with Crippen molar-refractivity contribution < 1.29 is 13.4 Å². The first-order valence-corrected chi connectivity index (χ1v) is 8.05. The van der Waals surface area contributed by atoms with Crippen LogP contribution in [0.1, 0.15) is 18.9 Å². The van der Waals surface area contributed by atoms with Crippen LogP contribution in [-0.4, -0.2) is 39.2 Å². The van der Waals surface area contributed by atoms with Crippen LogP contribution in [0.2, 0.25) is 0 Å². The number of anilines is 1. The summed E-state index contributed by atoms with van der Waals surface area (Å²) >= 11 is 0. The minimum atomic E-state index is -0.889. The van der Waals surface area contributed by atoms with Gasteiger partial charge < -0.3 is 10.2 Å². The lowest BCUT2D eigenvalue weighted by molar-refractivity contribution is 0.215. The van der Waals surface area contributed by atoms with Crippen molar-refractivity contribution in [1.29, 1.82) is 0 Å². The molecule has 0 spiro atoms. The third-order valence-electron chi connectivity index (χ3n) is 3.47. The minimum absolute atomic E-state index is 0.101. The summed E-state index contributed by atoms with van der Waals surface area (Å²) in [5, 5.41) is 2.68. The molecule has 2 rings (SSSR count). The van der Waals surface area contributed by atoms with Gasteiger partial charge in [0.25, 0.3) is 0 Å². The van der Waals surface area contributed by atoms with Crippen LogP contribution in [0.3, 0.4) is 0 Å². The number of aryl methyl sites for hydroxylation is 1. The van der Waals surface area contributed by atoms with Gasteiger partial charge in [-0.05, 0) is 31.0 Å². The Hall–Kier alpha value is -1.43. The molecule has 0 aromatic heterocycles. The molecule has 1 heterocycles. The van der Waals surface area contributed by atoms with Crippen molar-refractivity contribution in [2.24, 2.45) is 0 Å². The lowest BCUT2D eigenvalue weighted by Crippen LogP contribution is -2.37. The van der Waals surface area contributed by atoms with Crippen molar-refractivity contribution in [1.82, 2.24) is 4.90 Å². The molecule has 1 aromatic rings. The number of rotatable bonds is 1. The lowest BCUT2D eigenvalue weighted by Gasteiger charge is -2.20. The Balaban J connectivity index is 2.02. The Labute approximate surface area is 120 Å². The van der Waals surface area contributed by atoms with E-state index in [1.165, 1.54) is 6.07 Å². The van der Waals surface area contributed by atoms with Gasteiger partial charge in [0.2, 0.25) is 0 Å². The van der Waals surface area contributed by atoms with Gasteiger partial charge >= 0.3 is 6.03 Å². The van der Waals surface area contributed by atoms with Crippen LogP contribution in [0.4, 0.5) is 14.9 Å². The maximum absolute atomic E-state index is 13.7. The number of urea groups is 1. The normalized spacial score (nSPS) is 23.2. The Bertz CT molecular complexity index is 536. The maximum Gasteiger partial charge on any atom is 0.321 e. The van der Waals surface area contributed by atoms with Crippen molar-refractivity contribution in [2.75, 3.05) is 24.2 Å². The summed E-state index contributed by atoms with van der Waals surface area (Å²) in [6.45, 7) is 4.71. The molecular weight excluding hydrogens is 279 g/mol. The van der Waals surface area contributed by atoms with Crippen LogP contribution in [-0.2, 0) is 10.8 Å². The Morgan fingerprint density at radius 1 is 1.45 bits per heavy atom. The highest BCUT2D eigenvalue weighted by Crippen LogP contribution is 2.17. The van der Waals surface area contributed by atoms with Gasteiger partial charge in [0.15, 0.2) is 0 Å². The molecule has 1 aromatic carbocycles. The number of carbonyl (C=O) groups excluding carboxylic acids is 1. The number of carbonyl (C=O) groups is 1. The zero-order valence-corrected chi connectivity index (χ0v) is 12.5. The van der Waals surface area contributed by atoms with E-state index in [0.29, 0.717) is 25.3 Å². The van der Waals surface area contributed by atoms with Gasteiger partial charge in [-0.3, -0.25) is 4.21 Å². The average Bonchev–Trinajstić information content (AvgIpc) is 2.56. The molecule has 1 fully saturated rings. The third kappa shape index (κ3) is 3.56. The van der Waals surface area contributed by atoms with Crippen LogP contribution in [0.5, 0.6) is 0 Å². The molecular formula is C14H19FN2O2S. The zero-order valence-electron chi connectivity index (χ0n) is 11.7. The van der Waals surface area contributed by atoms with Crippen LogP contribution < -0.4 is 5.32 Å². The molecule has 4 nitrogen and oxygen atoms in total. The molecule has 6 heteroatoms. The summed E-state index contributed by atoms with van der Waals surface area (Å²) in [4.78, 5) is 13.7. The molecule has 0 radical (unpaired) electrons. The molecule has 1 N–H and O–H groups in total. The second kappa shape index (κ2) is 6.35. The molecule has 0 saturated carbocycles. The Morgan fingerprint density at radius 3 is 2.90 bits per heavy atom. The van der Waals surface area contributed by atoms with Crippen LogP contribution >= 0.6 is 0 Å². The minimum Gasteiger partial charge on any atom is -0.324 e. The quantitative estimate of drug-likeness (QED) is 0.866. The fourth-order valence-corrected chi connectivity index (χ4v) is 3.27. The predicted molar refractivity (Wildman–Crippen MR) is 78.8 cm³/mol. The largest absolute Gasteiger partial charge is 0.324 e. The summed E-state index contributed by atoms with van der Waals surface area (Å²) in [6.07, 6.45) is 0.705. The number of nitrogens with zero attached hydrogens (tertiary/aromatic N) is 1. The topological polar surface area (TPSA) is 49.4 Å². The molecule has 1 saturated heterocycles. The highest BCUT2D eigenvalue weighted by molar-refractivity contribution is 7.85. The number of nitrogens with one attached hydrogen (secondary N) is 1. The average molecular weight is 298 g/mol. The summed E-state index contributed by atoms with van der Waals surface area (Å²) in [6, 6.07) is 4.35. The van der Waals surface area contributed by atoms with Crippen LogP contribution in [0.15, 0.2) is 18.2 Å². The third-order valence-corrected chi connectivity index (χ3v) is 5.19. The van der Waals surface area contributed by atoms with Crippen LogP contribution in [0.25, 0.3) is 0 Å². The first-order chi connectivity index (χ1) is 9.47. The molecule has 20 heavy (non-hydrogen) atoms. The van der Waals surface area contributed by atoms with Crippen molar-refractivity contribution >= 4 is 22.5 Å². The van der Waals surface area contributed by atoms with Gasteiger partial charge in [-0.25, -0.2) is 9.18 Å². The van der Waals surface area contributed by atoms with Crippen molar-refractivity contribution in [3.8, 4) is 0 Å². The van der Waals surface area contributed by atoms with Gasteiger partial charge in [-0.15, -0.1) is 0 Å². The van der Waals surface area contributed by atoms with E-state index in [9.17, 15) is 13.4 Å². The number of hydrogen-bond acceptors (Lipinski definition) is 2. The SMILES string of the molecule is Cc1ccc(NC(=O)N2CC[C@H](C)[S@](=O)CC2)c(F)c1. The zero-order chi connectivity index (χ0) is 14.7. The molecule has 0 aliphatic carbocycles. The van der Waals surface area contributed by atoms with E-state index >= 15 is 0 Å². The van der Waals surface area contributed by atoms with E-state index in [4.69, 9.17) is 0 Å². The van der Waals surface area contributed by atoms with E-state index < -0.39 is 16.6 Å². The van der Waals surface area contributed by atoms with Gasteiger partial charge in [-0.1, -0.05) is 13.0 Å². The first-order valence-electron chi connectivity index (χ1n) is 6.66. The van der Waals surface area contributed by atoms with Crippen molar-refractivity contribution in [3.63, 3.8) is 0 Å². The highest BCUT2D eigenvalue weighted by Gasteiger charge is 2.23. The maximum atomic E-state index is 13.7. The molecule has 1 aliphatic heterocycles. The molecule has 0 bridgehead atoms. The number of benzene rings is 1. The van der Waals surface area contributed by atoms with E-state index in [1.807, 2.05) is 6.92 Å². The predicted octanol–water partition coefficient (Wildman–Crippen LogP) is 2.51. The number of halogens is 1. The lowest BCUT2D eigenvalue weighted by atomic mass is 10.2. The van der Waals surface area contributed by atoms with Crippen LogP contribution in [0, 0.1) is 12.7 Å². The van der Waals surface area contributed by atoms with Gasteiger partial charge in [-0.2, -0.15) is 0 Å². The highest BCUT2D eigenvalue weighted by atomic mass is 32.2. The summed E-state index contributed by atoms with van der Waals surface area (Å²) in [5.74, 6) is 0.0374. The van der Waals surface area contributed by atoms with Gasteiger partial charge in [0.05, 0.1) is 5.69 Å². The van der Waals surface area contributed by atoms with E-state index in [1.54, 1.807) is 24.0 Å². The standard InChI is InChI=1S/C14H19FN2O2S/c1-10-3-4-13(12(15)9-10)16-14(18)17-6-5-11(2)20(19)8-7-17/h3-4,9,11H,5-8H2,1-2H3,(H,16,18)/t11-,20+/m0/s1.